The van der Waals surface area contributed by atoms with E-state index >= 15 is 0 Å². The molecule has 0 radical (unpaired) electrons. The van der Waals surface area contributed by atoms with Gasteiger partial charge >= 0.3 is 0 Å². The van der Waals surface area contributed by atoms with Gasteiger partial charge in [-0.25, -0.2) is 0 Å². The van der Waals surface area contributed by atoms with Crippen LogP contribution in [-0.2, 0) is 11.8 Å². The van der Waals surface area contributed by atoms with E-state index in [-0.39, 0.29) is 16.9 Å². The Hall–Kier alpha value is -2.16. The second kappa shape index (κ2) is 4.19. The summed E-state index contributed by atoms with van der Waals surface area (Å²) in [6.07, 6.45) is 4.79. The summed E-state index contributed by atoms with van der Waals surface area (Å²) in [6, 6.07) is 4.18. The minimum Gasteiger partial charge on any atom is -0.504 e. The number of fused-ring (bicyclic) bond motifs is 5. The molecule has 0 fully saturated rings. The van der Waals surface area contributed by atoms with E-state index in [1.54, 1.807) is 6.26 Å². The fourth-order valence-corrected chi connectivity index (χ4v) is 4.02. The largest absolute Gasteiger partial charge is 0.504 e. The van der Waals surface area contributed by atoms with Crippen LogP contribution in [0.4, 0.5) is 0 Å². The Morgan fingerprint density at radius 1 is 1.09 bits per heavy atom. The first-order chi connectivity index (χ1) is 10.4. The summed E-state index contributed by atoms with van der Waals surface area (Å²) in [5, 5.41) is 23.3. The van der Waals surface area contributed by atoms with Crippen molar-refractivity contribution >= 4 is 21.7 Å². The number of aryl methyl sites for hydroxylation is 2. The Labute approximate surface area is 129 Å². The smallest absolute Gasteiger partial charge is 0.169 e. The first kappa shape index (κ1) is 13.5. The summed E-state index contributed by atoms with van der Waals surface area (Å²) in [4.78, 5) is 0. The predicted molar refractivity (Wildman–Crippen MR) is 87.8 cm³/mol. The van der Waals surface area contributed by atoms with Gasteiger partial charge in [-0.15, -0.1) is 0 Å². The van der Waals surface area contributed by atoms with Crippen molar-refractivity contribution in [2.24, 2.45) is 0 Å². The molecule has 1 aliphatic carbocycles. The van der Waals surface area contributed by atoms with Crippen LogP contribution in [0.1, 0.15) is 43.4 Å². The fraction of sp³-hybridized carbons (Fsp3) is 0.368. The molecule has 3 heteroatoms. The molecule has 0 atom stereocenters. The van der Waals surface area contributed by atoms with Crippen molar-refractivity contribution in [3.63, 3.8) is 0 Å². The Morgan fingerprint density at radius 3 is 2.59 bits per heavy atom. The van der Waals surface area contributed by atoms with E-state index in [0.29, 0.717) is 11.0 Å². The third kappa shape index (κ3) is 1.57. The topological polar surface area (TPSA) is 53.6 Å². The van der Waals surface area contributed by atoms with Gasteiger partial charge in [0.15, 0.2) is 11.5 Å². The van der Waals surface area contributed by atoms with Crippen LogP contribution in [0.3, 0.4) is 0 Å². The molecule has 3 aromatic rings. The quantitative estimate of drug-likeness (QED) is 0.579. The third-order valence-electron chi connectivity index (χ3n) is 5.19. The average Bonchev–Trinajstić information content (AvgIpc) is 2.86. The van der Waals surface area contributed by atoms with Crippen molar-refractivity contribution in [2.45, 2.75) is 45.4 Å². The Balaban J connectivity index is 2.23. The van der Waals surface area contributed by atoms with Gasteiger partial charge < -0.3 is 14.6 Å². The van der Waals surface area contributed by atoms with E-state index in [2.05, 4.69) is 19.9 Å². The Morgan fingerprint density at radius 2 is 1.82 bits per heavy atom. The molecule has 114 valence electrons. The SMILES string of the molecule is Cc1coc2c1c(O)c(O)c1c3c(ccc12)C(C)(C)CCC3. The summed E-state index contributed by atoms with van der Waals surface area (Å²) in [7, 11) is 0. The van der Waals surface area contributed by atoms with E-state index in [1.807, 2.05) is 13.0 Å². The molecule has 1 aliphatic rings. The molecule has 22 heavy (non-hydrogen) atoms. The zero-order chi connectivity index (χ0) is 15.6. The van der Waals surface area contributed by atoms with Crippen molar-refractivity contribution < 1.29 is 14.6 Å². The van der Waals surface area contributed by atoms with Crippen LogP contribution in [0.15, 0.2) is 22.8 Å². The molecule has 0 spiro atoms. The minimum absolute atomic E-state index is 0.0125. The monoisotopic (exact) mass is 296 g/mol. The maximum atomic E-state index is 10.6. The maximum absolute atomic E-state index is 10.6. The van der Waals surface area contributed by atoms with Gasteiger partial charge in [-0.1, -0.05) is 26.0 Å². The Kier molecular flexibility index (Phi) is 2.57. The number of benzene rings is 2. The molecule has 0 saturated heterocycles. The second-order valence-corrected chi connectivity index (χ2v) is 7.07. The van der Waals surface area contributed by atoms with Gasteiger partial charge in [0.1, 0.15) is 5.58 Å². The molecule has 0 bridgehead atoms. The van der Waals surface area contributed by atoms with Crippen LogP contribution < -0.4 is 0 Å². The molecule has 0 saturated carbocycles. The van der Waals surface area contributed by atoms with Gasteiger partial charge in [0.25, 0.3) is 0 Å². The van der Waals surface area contributed by atoms with Gasteiger partial charge in [0.2, 0.25) is 0 Å². The average molecular weight is 296 g/mol. The van der Waals surface area contributed by atoms with Crippen LogP contribution in [0.25, 0.3) is 21.7 Å². The highest BCUT2D eigenvalue weighted by Gasteiger charge is 2.30. The normalized spacial score (nSPS) is 17.0. The van der Waals surface area contributed by atoms with Gasteiger partial charge in [0, 0.05) is 10.8 Å². The fourth-order valence-electron chi connectivity index (χ4n) is 4.02. The van der Waals surface area contributed by atoms with Crippen molar-refractivity contribution in [3.05, 3.63) is 35.1 Å². The van der Waals surface area contributed by atoms with E-state index in [9.17, 15) is 10.2 Å². The lowest BCUT2D eigenvalue weighted by Gasteiger charge is -2.33. The van der Waals surface area contributed by atoms with Crippen molar-refractivity contribution in [1.82, 2.24) is 0 Å². The maximum Gasteiger partial charge on any atom is 0.169 e. The van der Waals surface area contributed by atoms with Crippen LogP contribution in [-0.4, -0.2) is 10.2 Å². The van der Waals surface area contributed by atoms with Crippen LogP contribution in [0.2, 0.25) is 0 Å². The number of furan rings is 1. The number of hydrogen-bond acceptors (Lipinski definition) is 3. The molecular formula is C19H20O3. The standard InChI is InChI=1S/C19H20O3/c1-10-9-22-18-12-6-7-13-11(5-4-8-19(13,2)3)15(12)17(21)16(20)14(10)18/h6-7,9,20-21H,4-5,8H2,1-3H3. The summed E-state index contributed by atoms with van der Waals surface area (Å²) < 4.78 is 5.67. The number of hydrogen-bond donors (Lipinski definition) is 2. The molecule has 2 N–H and O–H groups in total. The van der Waals surface area contributed by atoms with Crippen LogP contribution in [0.5, 0.6) is 11.5 Å². The zero-order valence-electron chi connectivity index (χ0n) is 13.2. The first-order valence-corrected chi connectivity index (χ1v) is 7.79. The molecule has 4 rings (SSSR count). The lowest BCUT2D eigenvalue weighted by atomic mass is 9.71. The van der Waals surface area contributed by atoms with Crippen LogP contribution in [0, 0.1) is 6.92 Å². The molecule has 1 aromatic heterocycles. The predicted octanol–water partition coefficient (Wildman–Crippen LogP) is 4.92. The summed E-state index contributed by atoms with van der Waals surface area (Å²) in [5.74, 6) is -0.0768. The molecule has 0 unspecified atom stereocenters. The highest BCUT2D eigenvalue weighted by Crippen LogP contribution is 2.49. The summed E-state index contributed by atoms with van der Waals surface area (Å²) >= 11 is 0. The molecule has 2 aromatic carbocycles. The van der Waals surface area contributed by atoms with Gasteiger partial charge in [-0.3, -0.25) is 0 Å². The van der Waals surface area contributed by atoms with Gasteiger partial charge in [-0.2, -0.15) is 0 Å². The molecule has 1 heterocycles. The van der Waals surface area contributed by atoms with Crippen LogP contribution >= 0.6 is 0 Å². The van der Waals surface area contributed by atoms with Crippen molar-refractivity contribution in [3.8, 4) is 11.5 Å². The van der Waals surface area contributed by atoms with Crippen molar-refractivity contribution in [2.75, 3.05) is 0 Å². The van der Waals surface area contributed by atoms with E-state index in [1.165, 1.54) is 5.56 Å². The van der Waals surface area contributed by atoms with Gasteiger partial charge in [0.05, 0.1) is 11.6 Å². The summed E-state index contributed by atoms with van der Waals surface area (Å²) in [6.45, 7) is 6.35. The van der Waals surface area contributed by atoms with E-state index in [0.717, 1.165) is 41.2 Å². The zero-order valence-corrected chi connectivity index (χ0v) is 13.2. The first-order valence-electron chi connectivity index (χ1n) is 7.79. The van der Waals surface area contributed by atoms with Crippen molar-refractivity contribution in [1.29, 1.82) is 0 Å². The lowest BCUT2D eigenvalue weighted by molar-refractivity contribution is 0.409. The third-order valence-corrected chi connectivity index (χ3v) is 5.19. The number of aromatic hydroxyl groups is 2. The van der Waals surface area contributed by atoms with Gasteiger partial charge in [-0.05, 0) is 48.3 Å². The number of rotatable bonds is 0. The molecule has 3 nitrogen and oxygen atoms in total. The molecule has 0 amide bonds. The molecular weight excluding hydrogens is 276 g/mol. The highest BCUT2D eigenvalue weighted by molar-refractivity contribution is 6.13. The number of phenols is 2. The highest BCUT2D eigenvalue weighted by atomic mass is 16.3. The van der Waals surface area contributed by atoms with E-state index in [4.69, 9.17) is 4.42 Å². The Bertz CT molecular complexity index is 916. The second-order valence-electron chi connectivity index (χ2n) is 7.07. The summed E-state index contributed by atoms with van der Waals surface area (Å²) in [5.41, 5.74) is 4.01. The minimum atomic E-state index is -0.0643. The van der Waals surface area contributed by atoms with E-state index < -0.39 is 0 Å². The lowest BCUT2D eigenvalue weighted by Crippen LogP contribution is -2.23. The number of phenolic OH excluding ortho intramolecular Hbond substituents is 2. The molecule has 0 aliphatic heterocycles.